The summed E-state index contributed by atoms with van der Waals surface area (Å²) in [4.78, 5) is 10.3. The maximum Gasteiger partial charge on any atom is 0.150 e. The molecule has 0 saturated heterocycles. The van der Waals surface area contributed by atoms with Crippen LogP contribution in [0.2, 0.25) is 0 Å². The summed E-state index contributed by atoms with van der Waals surface area (Å²) < 4.78 is 0. The van der Waals surface area contributed by atoms with Crippen LogP contribution in [0.4, 0.5) is 5.69 Å². The zero-order chi connectivity index (χ0) is 8.10. The number of aldehydes is 1. The van der Waals surface area contributed by atoms with Gasteiger partial charge in [0.05, 0.1) is 5.69 Å². The summed E-state index contributed by atoms with van der Waals surface area (Å²) >= 11 is 0. The smallest absolute Gasteiger partial charge is 0.150 e. The minimum absolute atomic E-state index is 0.680. The molecule has 1 aromatic rings. The Morgan fingerprint density at radius 2 is 2.36 bits per heavy atom. The van der Waals surface area contributed by atoms with Crippen molar-refractivity contribution >= 4 is 12.0 Å². The molecule has 2 heteroatoms. The van der Waals surface area contributed by atoms with Crippen LogP contribution in [-0.2, 0) is 0 Å². The lowest BCUT2D eigenvalue weighted by atomic mass is 10.2. The summed E-state index contributed by atoms with van der Waals surface area (Å²) in [6, 6.07) is 7.26. The predicted molar refractivity (Wildman–Crippen MR) is 44.2 cm³/mol. The van der Waals surface area contributed by atoms with E-state index in [4.69, 9.17) is 0 Å². The van der Waals surface area contributed by atoms with Crippen molar-refractivity contribution in [2.45, 2.75) is 6.92 Å². The Bertz CT molecular complexity index is 245. The third-order valence-electron chi connectivity index (χ3n) is 1.35. The van der Waals surface area contributed by atoms with Crippen LogP contribution >= 0.6 is 0 Å². The quantitative estimate of drug-likeness (QED) is 0.601. The monoisotopic (exact) mass is 148 g/mol. The molecule has 0 aromatic heterocycles. The van der Waals surface area contributed by atoms with Gasteiger partial charge >= 0.3 is 0 Å². The molecule has 0 spiro atoms. The Hall–Kier alpha value is -1.31. The lowest BCUT2D eigenvalue weighted by Gasteiger charge is -1.98. The van der Waals surface area contributed by atoms with Gasteiger partial charge in [-0.3, -0.25) is 10.1 Å². The molecule has 0 aliphatic carbocycles. The second kappa shape index (κ2) is 3.76. The highest BCUT2D eigenvalue weighted by Crippen LogP contribution is 2.08. The van der Waals surface area contributed by atoms with Crippen LogP contribution in [0.25, 0.3) is 0 Å². The van der Waals surface area contributed by atoms with Gasteiger partial charge in [0.1, 0.15) is 6.29 Å². The number of rotatable bonds is 3. The average molecular weight is 148 g/mol. The molecule has 57 valence electrons. The molecule has 0 saturated carbocycles. The lowest BCUT2D eigenvalue weighted by Crippen LogP contribution is -1.94. The number of nitrogens with zero attached hydrogens (tertiary/aromatic N) is 1. The van der Waals surface area contributed by atoms with Gasteiger partial charge in [0, 0.05) is 12.1 Å². The molecule has 0 aliphatic rings. The van der Waals surface area contributed by atoms with Gasteiger partial charge in [-0.05, 0) is 19.1 Å². The number of carbonyl (C=O) groups is 1. The van der Waals surface area contributed by atoms with E-state index >= 15 is 0 Å². The van der Waals surface area contributed by atoms with Crippen molar-refractivity contribution in [3.05, 3.63) is 29.8 Å². The molecule has 0 amide bonds. The highest BCUT2D eigenvalue weighted by Gasteiger charge is 1.92. The summed E-state index contributed by atoms with van der Waals surface area (Å²) in [5.74, 6) is 0. The van der Waals surface area contributed by atoms with Crippen LogP contribution in [0.15, 0.2) is 24.3 Å². The highest BCUT2D eigenvalue weighted by atomic mass is 16.1. The third kappa shape index (κ3) is 2.08. The molecule has 1 rings (SSSR count). The van der Waals surface area contributed by atoms with Crippen molar-refractivity contribution in [1.82, 2.24) is 5.32 Å². The van der Waals surface area contributed by atoms with Crippen LogP contribution in [-0.4, -0.2) is 12.8 Å². The van der Waals surface area contributed by atoms with Gasteiger partial charge in [0.2, 0.25) is 0 Å². The molecule has 1 aromatic carbocycles. The molecule has 0 aliphatic heterocycles. The van der Waals surface area contributed by atoms with E-state index in [9.17, 15) is 4.79 Å². The fourth-order valence-electron chi connectivity index (χ4n) is 0.879. The van der Waals surface area contributed by atoms with Gasteiger partial charge in [-0.15, -0.1) is 0 Å². The van der Waals surface area contributed by atoms with Crippen LogP contribution in [0, 0.1) is 0 Å². The second-order valence-corrected chi connectivity index (χ2v) is 2.19. The van der Waals surface area contributed by atoms with Gasteiger partial charge in [0.25, 0.3) is 0 Å². The molecule has 0 unspecified atom stereocenters. The molecule has 0 fully saturated rings. The van der Waals surface area contributed by atoms with Crippen LogP contribution in [0.3, 0.4) is 0 Å². The summed E-state index contributed by atoms with van der Waals surface area (Å²) in [7, 11) is 0. The molecule has 1 radical (unpaired) electrons. The van der Waals surface area contributed by atoms with E-state index in [0.717, 1.165) is 18.5 Å². The topological polar surface area (TPSA) is 31.2 Å². The minimum atomic E-state index is 0.680. The van der Waals surface area contributed by atoms with E-state index in [1.165, 1.54) is 0 Å². The van der Waals surface area contributed by atoms with E-state index in [1.807, 2.05) is 19.1 Å². The fourth-order valence-corrected chi connectivity index (χ4v) is 0.879. The van der Waals surface area contributed by atoms with Crippen LogP contribution in [0.1, 0.15) is 17.3 Å². The summed E-state index contributed by atoms with van der Waals surface area (Å²) in [5.41, 5.74) is 1.55. The Labute approximate surface area is 66.2 Å². The Balaban J connectivity index is 2.82. The van der Waals surface area contributed by atoms with Crippen molar-refractivity contribution in [3.63, 3.8) is 0 Å². The molecule has 0 bridgehead atoms. The number of benzene rings is 1. The number of hydrogen-bond donors (Lipinski definition) is 0. The normalized spacial score (nSPS) is 9.18. The average Bonchev–Trinajstić information content (AvgIpc) is 2.06. The van der Waals surface area contributed by atoms with Crippen molar-refractivity contribution in [2.75, 3.05) is 6.54 Å². The molecule has 0 atom stereocenters. The van der Waals surface area contributed by atoms with E-state index in [-0.39, 0.29) is 0 Å². The van der Waals surface area contributed by atoms with Gasteiger partial charge in [-0.2, -0.15) is 0 Å². The Morgan fingerprint density at radius 3 is 3.00 bits per heavy atom. The van der Waals surface area contributed by atoms with Crippen LogP contribution in [0.5, 0.6) is 0 Å². The lowest BCUT2D eigenvalue weighted by molar-refractivity contribution is 0.112. The Kier molecular flexibility index (Phi) is 2.66. The fraction of sp³-hybridized carbons (Fsp3) is 0.222. The maximum absolute atomic E-state index is 10.3. The summed E-state index contributed by atoms with van der Waals surface area (Å²) in [5, 5.41) is 4.16. The predicted octanol–water partition coefficient (Wildman–Crippen LogP) is 1.75. The first-order chi connectivity index (χ1) is 5.36. The standard InChI is InChI=1S/C9H10NO/c1-2-10-9-5-3-4-8(6-9)7-11/h3-7H,2H2,1H3. The third-order valence-corrected chi connectivity index (χ3v) is 1.35. The van der Waals surface area contributed by atoms with Crippen molar-refractivity contribution in [1.29, 1.82) is 0 Å². The van der Waals surface area contributed by atoms with Gasteiger partial charge in [0.15, 0.2) is 0 Å². The Morgan fingerprint density at radius 1 is 1.55 bits per heavy atom. The van der Waals surface area contributed by atoms with Crippen molar-refractivity contribution < 1.29 is 4.79 Å². The molecule has 0 heterocycles. The zero-order valence-corrected chi connectivity index (χ0v) is 6.45. The van der Waals surface area contributed by atoms with E-state index < -0.39 is 0 Å². The van der Waals surface area contributed by atoms with E-state index in [0.29, 0.717) is 5.56 Å². The molecular formula is C9H10NO. The highest BCUT2D eigenvalue weighted by molar-refractivity contribution is 5.76. The van der Waals surface area contributed by atoms with E-state index in [2.05, 4.69) is 5.32 Å². The first kappa shape index (κ1) is 7.79. The van der Waals surface area contributed by atoms with Gasteiger partial charge < -0.3 is 0 Å². The molecular weight excluding hydrogens is 138 g/mol. The zero-order valence-electron chi connectivity index (χ0n) is 6.45. The maximum atomic E-state index is 10.3. The first-order valence-electron chi connectivity index (χ1n) is 3.59. The second-order valence-electron chi connectivity index (χ2n) is 2.19. The van der Waals surface area contributed by atoms with E-state index in [1.54, 1.807) is 12.1 Å². The number of hydrogen-bond acceptors (Lipinski definition) is 1. The number of carbonyl (C=O) groups excluding carboxylic acids is 1. The minimum Gasteiger partial charge on any atom is -0.298 e. The molecule has 0 N–H and O–H groups in total. The SMILES string of the molecule is CC[N]c1cccc(C=O)c1. The van der Waals surface area contributed by atoms with Crippen molar-refractivity contribution in [3.8, 4) is 0 Å². The summed E-state index contributed by atoms with van der Waals surface area (Å²) in [6.45, 7) is 2.72. The van der Waals surface area contributed by atoms with Gasteiger partial charge in [-0.25, -0.2) is 0 Å². The van der Waals surface area contributed by atoms with Crippen LogP contribution < -0.4 is 5.32 Å². The van der Waals surface area contributed by atoms with Crippen molar-refractivity contribution in [2.24, 2.45) is 0 Å². The van der Waals surface area contributed by atoms with Gasteiger partial charge in [-0.1, -0.05) is 12.1 Å². The largest absolute Gasteiger partial charge is 0.298 e. The molecule has 2 nitrogen and oxygen atoms in total. The molecule has 11 heavy (non-hydrogen) atoms. The first-order valence-corrected chi connectivity index (χ1v) is 3.59. The summed E-state index contributed by atoms with van der Waals surface area (Å²) in [6.07, 6.45) is 0.828.